The van der Waals surface area contributed by atoms with Gasteiger partial charge < -0.3 is 15.4 Å². The first-order chi connectivity index (χ1) is 8.84. The van der Waals surface area contributed by atoms with Crippen LogP contribution < -0.4 is 10.5 Å². The van der Waals surface area contributed by atoms with E-state index in [2.05, 4.69) is 15.9 Å². The third-order valence-electron chi connectivity index (χ3n) is 3.49. The van der Waals surface area contributed by atoms with Gasteiger partial charge in [0.1, 0.15) is 5.75 Å². The monoisotopic (exact) mass is 328 g/mol. The number of nitrogens with zero attached hydrogens (tertiary/aromatic N) is 1. The van der Waals surface area contributed by atoms with E-state index in [9.17, 15) is 4.79 Å². The highest BCUT2D eigenvalue weighted by atomic mass is 79.9. The summed E-state index contributed by atoms with van der Waals surface area (Å²) in [7, 11) is 3.40. The van der Waals surface area contributed by atoms with Gasteiger partial charge in [-0.2, -0.15) is 0 Å². The van der Waals surface area contributed by atoms with Gasteiger partial charge in [-0.05, 0) is 37.5 Å². The largest absolute Gasteiger partial charge is 0.496 e. The zero-order valence-corrected chi connectivity index (χ0v) is 13.7. The van der Waals surface area contributed by atoms with E-state index in [0.717, 1.165) is 32.5 Å². The number of nitrogens with two attached hydrogens (primary N) is 1. The molecule has 1 rings (SSSR count). The number of rotatable bonds is 4. The maximum atomic E-state index is 11.6. The standard InChI is InChI=1S/C14H21BrN2O2/c1-8-9(2)14(19-5)11(10(3)13(8)15)7-17(4)12(18)6-16/h6-7,16H2,1-5H3. The second-order valence-electron chi connectivity index (χ2n) is 4.65. The highest BCUT2D eigenvalue weighted by Gasteiger charge is 2.19. The summed E-state index contributed by atoms with van der Waals surface area (Å²) in [5, 5.41) is 0. The van der Waals surface area contributed by atoms with E-state index in [1.165, 1.54) is 0 Å². The molecular weight excluding hydrogens is 308 g/mol. The van der Waals surface area contributed by atoms with Gasteiger partial charge in [-0.25, -0.2) is 0 Å². The molecule has 0 atom stereocenters. The fourth-order valence-electron chi connectivity index (χ4n) is 2.09. The molecule has 5 heteroatoms. The maximum absolute atomic E-state index is 11.6. The summed E-state index contributed by atoms with van der Waals surface area (Å²) in [5.41, 5.74) is 9.74. The Morgan fingerprint density at radius 3 is 2.32 bits per heavy atom. The van der Waals surface area contributed by atoms with Gasteiger partial charge in [-0.15, -0.1) is 0 Å². The van der Waals surface area contributed by atoms with Gasteiger partial charge in [0.2, 0.25) is 5.91 Å². The van der Waals surface area contributed by atoms with Crippen molar-refractivity contribution in [3.8, 4) is 5.75 Å². The van der Waals surface area contributed by atoms with Crippen LogP contribution in [0.5, 0.6) is 5.75 Å². The molecule has 0 aliphatic heterocycles. The zero-order valence-electron chi connectivity index (χ0n) is 12.1. The van der Waals surface area contributed by atoms with Crippen LogP contribution in [0.25, 0.3) is 0 Å². The van der Waals surface area contributed by atoms with Crippen LogP contribution in [0.15, 0.2) is 4.47 Å². The van der Waals surface area contributed by atoms with Crippen LogP contribution in [0.1, 0.15) is 22.3 Å². The van der Waals surface area contributed by atoms with E-state index in [-0.39, 0.29) is 12.5 Å². The lowest BCUT2D eigenvalue weighted by molar-refractivity contribution is -0.128. The molecule has 0 unspecified atom stereocenters. The lowest BCUT2D eigenvalue weighted by atomic mass is 9.98. The van der Waals surface area contributed by atoms with Gasteiger partial charge in [-0.3, -0.25) is 4.79 Å². The molecule has 0 aliphatic rings. The molecule has 2 N–H and O–H groups in total. The van der Waals surface area contributed by atoms with Gasteiger partial charge >= 0.3 is 0 Å². The molecule has 0 saturated heterocycles. The molecular formula is C14H21BrN2O2. The lowest BCUT2D eigenvalue weighted by Crippen LogP contribution is -2.32. The average molecular weight is 329 g/mol. The summed E-state index contributed by atoms with van der Waals surface area (Å²) in [6.07, 6.45) is 0. The molecule has 0 bridgehead atoms. The number of carbonyl (C=O) groups excluding carboxylic acids is 1. The van der Waals surface area contributed by atoms with Crippen molar-refractivity contribution < 1.29 is 9.53 Å². The Labute approximate surface area is 123 Å². The van der Waals surface area contributed by atoms with Crippen LogP contribution in [-0.2, 0) is 11.3 Å². The molecule has 0 saturated carbocycles. The Hall–Kier alpha value is -1.07. The van der Waals surface area contributed by atoms with Gasteiger partial charge in [-0.1, -0.05) is 15.9 Å². The Kier molecular flexibility index (Phi) is 5.38. The van der Waals surface area contributed by atoms with E-state index >= 15 is 0 Å². The Bertz CT molecular complexity index is 501. The first-order valence-electron chi connectivity index (χ1n) is 6.11. The van der Waals surface area contributed by atoms with Crippen molar-refractivity contribution in [1.82, 2.24) is 4.90 Å². The molecule has 0 aliphatic carbocycles. The zero-order chi connectivity index (χ0) is 14.7. The number of benzene rings is 1. The van der Waals surface area contributed by atoms with E-state index in [4.69, 9.17) is 10.5 Å². The highest BCUT2D eigenvalue weighted by Crippen LogP contribution is 2.36. The molecule has 4 nitrogen and oxygen atoms in total. The highest BCUT2D eigenvalue weighted by molar-refractivity contribution is 9.10. The predicted molar refractivity (Wildman–Crippen MR) is 80.4 cm³/mol. The summed E-state index contributed by atoms with van der Waals surface area (Å²) in [6.45, 7) is 6.60. The van der Waals surface area contributed by atoms with E-state index in [0.29, 0.717) is 6.54 Å². The number of halogens is 1. The summed E-state index contributed by atoms with van der Waals surface area (Å²) < 4.78 is 6.58. The van der Waals surface area contributed by atoms with Gasteiger partial charge in [0.25, 0.3) is 0 Å². The molecule has 0 heterocycles. The fourth-order valence-corrected chi connectivity index (χ4v) is 2.63. The van der Waals surface area contributed by atoms with Gasteiger partial charge in [0.05, 0.1) is 13.7 Å². The maximum Gasteiger partial charge on any atom is 0.236 e. The number of hydrogen-bond acceptors (Lipinski definition) is 3. The third-order valence-corrected chi connectivity index (χ3v) is 4.68. The van der Waals surface area contributed by atoms with Crippen LogP contribution in [0.3, 0.4) is 0 Å². The second kappa shape index (κ2) is 6.39. The first-order valence-corrected chi connectivity index (χ1v) is 6.90. The molecule has 0 radical (unpaired) electrons. The van der Waals surface area contributed by atoms with Crippen molar-refractivity contribution >= 4 is 21.8 Å². The van der Waals surface area contributed by atoms with Gasteiger partial charge in [0, 0.05) is 23.6 Å². The molecule has 19 heavy (non-hydrogen) atoms. The van der Waals surface area contributed by atoms with Crippen LogP contribution in [0.2, 0.25) is 0 Å². The van der Waals surface area contributed by atoms with Crippen LogP contribution in [0, 0.1) is 20.8 Å². The Balaban J connectivity index is 3.30. The minimum absolute atomic E-state index is 0.0177. The molecule has 106 valence electrons. The first kappa shape index (κ1) is 16.0. The van der Waals surface area contributed by atoms with Crippen molar-refractivity contribution in [2.24, 2.45) is 5.73 Å². The number of likely N-dealkylation sites (N-methyl/N-ethyl adjacent to an activating group) is 1. The van der Waals surface area contributed by atoms with Crippen LogP contribution in [0.4, 0.5) is 0 Å². The average Bonchev–Trinajstić information content (AvgIpc) is 2.41. The van der Waals surface area contributed by atoms with Crippen molar-refractivity contribution in [3.63, 3.8) is 0 Å². The SMILES string of the molecule is COc1c(C)c(C)c(Br)c(C)c1CN(C)C(=O)CN. The number of ether oxygens (including phenoxy) is 1. The minimum atomic E-state index is -0.0872. The van der Waals surface area contributed by atoms with E-state index in [1.54, 1.807) is 19.1 Å². The van der Waals surface area contributed by atoms with Crippen LogP contribution in [-0.4, -0.2) is 31.5 Å². The number of amides is 1. The normalized spacial score (nSPS) is 10.5. The smallest absolute Gasteiger partial charge is 0.236 e. The Morgan fingerprint density at radius 2 is 1.84 bits per heavy atom. The van der Waals surface area contributed by atoms with Crippen molar-refractivity contribution in [3.05, 3.63) is 26.7 Å². The minimum Gasteiger partial charge on any atom is -0.496 e. The second-order valence-corrected chi connectivity index (χ2v) is 5.45. The molecule has 0 spiro atoms. The molecule has 1 aromatic carbocycles. The summed E-state index contributed by atoms with van der Waals surface area (Å²) in [5.74, 6) is 0.755. The van der Waals surface area contributed by atoms with Gasteiger partial charge in [0.15, 0.2) is 0 Å². The summed E-state index contributed by atoms with van der Waals surface area (Å²) in [4.78, 5) is 13.2. The summed E-state index contributed by atoms with van der Waals surface area (Å²) >= 11 is 3.60. The molecule has 1 amide bonds. The third kappa shape index (κ3) is 3.09. The van der Waals surface area contributed by atoms with Crippen molar-refractivity contribution in [2.75, 3.05) is 20.7 Å². The number of carbonyl (C=O) groups is 1. The quantitative estimate of drug-likeness (QED) is 0.922. The van der Waals surface area contributed by atoms with Crippen molar-refractivity contribution in [2.45, 2.75) is 27.3 Å². The van der Waals surface area contributed by atoms with Crippen LogP contribution >= 0.6 is 15.9 Å². The molecule has 1 aromatic rings. The van der Waals surface area contributed by atoms with E-state index < -0.39 is 0 Å². The fraction of sp³-hybridized carbons (Fsp3) is 0.500. The van der Waals surface area contributed by atoms with E-state index in [1.807, 2.05) is 20.8 Å². The molecule has 0 fully saturated rings. The van der Waals surface area contributed by atoms with Crippen molar-refractivity contribution in [1.29, 1.82) is 0 Å². The Morgan fingerprint density at radius 1 is 1.26 bits per heavy atom. The lowest BCUT2D eigenvalue weighted by Gasteiger charge is -2.23. The summed E-state index contributed by atoms with van der Waals surface area (Å²) in [6, 6.07) is 0. The molecule has 0 aromatic heterocycles. The number of hydrogen-bond donors (Lipinski definition) is 1. The number of methoxy groups -OCH3 is 1. The topological polar surface area (TPSA) is 55.6 Å². The predicted octanol–water partition coefficient (Wildman–Crippen LogP) is 2.30.